The van der Waals surface area contributed by atoms with Crippen molar-refractivity contribution in [1.29, 1.82) is 0 Å². The molecule has 3 heteroatoms. The third-order valence-corrected chi connectivity index (χ3v) is 3.25. The summed E-state index contributed by atoms with van der Waals surface area (Å²) in [5.41, 5.74) is 2.66. The van der Waals surface area contributed by atoms with E-state index in [1.165, 1.54) is 0 Å². The number of aromatic hydroxyl groups is 2. The number of hydrogen-bond acceptors (Lipinski definition) is 3. The van der Waals surface area contributed by atoms with Crippen LogP contribution in [0.25, 0.3) is 0 Å². The number of anilines is 1. The smallest absolute Gasteiger partial charge is 0.159 e. The van der Waals surface area contributed by atoms with Crippen LogP contribution in [0.15, 0.2) is 24.4 Å². The number of likely N-dealkylation sites (N-methyl/N-ethyl adjacent to an activating group) is 1. The fourth-order valence-electron chi connectivity index (χ4n) is 2.06. The zero-order valence-corrected chi connectivity index (χ0v) is 9.20. The first-order valence-corrected chi connectivity index (χ1v) is 4.85. The number of phenols is 2. The number of phenolic OH excluding ortho intramolecular Hbond substituents is 2. The molecule has 0 bridgehead atoms. The van der Waals surface area contributed by atoms with E-state index in [0.29, 0.717) is 0 Å². The van der Waals surface area contributed by atoms with Gasteiger partial charge in [-0.05, 0) is 11.6 Å². The largest absolute Gasteiger partial charge is 0.504 e. The third-order valence-electron chi connectivity index (χ3n) is 3.25. The topological polar surface area (TPSA) is 43.7 Å². The van der Waals surface area contributed by atoms with E-state index in [0.717, 1.165) is 16.9 Å². The molecule has 1 heterocycles. The Bertz CT molecular complexity index is 449. The van der Waals surface area contributed by atoms with Crippen LogP contribution >= 0.6 is 0 Å². The van der Waals surface area contributed by atoms with Crippen molar-refractivity contribution in [3.05, 3.63) is 30.0 Å². The Morgan fingerprint density at radius 3 is 2.33 bits per heavy atom. The van der Waals surface area contributed by atoms with E-state index in [2.05, 4.69) is 6.58 Å². The predicted molar refractivity (Wildman–Crippen MR) is 60.3 cm³/mol. The van der Waals surface area contributed by atoms with E-state index >= 15 is 0 Å². The van der Waals surface area contributed by atoms with E-state index in [1.54, 1.807) is 12.1 Å². The fraction of sp³-hybridized carbons (Fsp3) is 0.333. The van der Waals surface area contributed by atoms with Gasteiger partial charge in [0.2, 0.25) is 0 Å². The predicted octanol–water partition coefficient (Wildman–Crippen LogP) is 2.34. The van der Waals surface area contributed by atoms with Gasteiger partial charge in [-0.3, -0.25) is 0 Å². The number of nitrogens with zero attached hydrogens (tertiary/aromatic N) is 1. The van der Waals surface area contributed by atoms with Gasteiger partial charge in [0.25, 0.3) is 0 Å². The molecule has 0 atom stereocenters. The van der Waals surface area contributed by atoms with Gasteiger partial charge in [0.05, 0.1) is 0 Å². The SMILES string of the molecule is C=C1N(C)c2cc(O)c(O)cc2C1(C)C. The summed E-state index contributed by atoms with van der Waals surface area (Å²) in [5.74, 6) is -0.170. The van der Waals surface area contributed by atoms with E-state index in [-0.39, 0.29) is 16.9 Å². The van der Waals surface area contributed by atoms with Crippen LogP contribution < -0.4 is 4.90 Å². The highest BCUT2D eigenvalue weighted by molar-refractivity contribution is 5.73. The summed E-state index contributed by atoms with van der Waals surface area (Å²) in [7, 11) is 1.91. The highest BCUT2D eigenvalue weighted by Gasteiger charge is 2.38. The minimum absolute atomic E-state index is 0.0788. The van der Waals surface area contributed by atoms with Crippen molar-refractivity contribution >= 4 is 5.69 Å². The lowest BCUT2D eigenvalue weighted by atomic mass is 9.84. The Labute approximate surface area is 89.3 Å². The maximum Gasteiger partial charge on any atom is 0.159 e. The molecule has 0 amide bonds. The lowest BCUT2D eigenvalue weighted by Gasteiger charge is -2.22. The molecular weight excluding hydrogens is 190 g/mol. The van der Waals surface area contributed by atoms with Crippen LogP contribution in [-0.2, 0) is 5.41 Å². The van der Waals surface area contributed by atoms with E-state index in [1.807, 2.05) is 25.8 Å². The molecule has 15 heavy (non-hydrogen) atoms. The van der Waals surface area contributed by atoms with E-state index in [9.17, 15) is 10.2 Å². The standard InChI is InChI=1S/C12H15NO2/c1-7-12(2,3)8-5-10(14)11(15)6-9(8)13(7)4/h5-6,14-15H,1H2,2-4H3. The maximum atomic E-state index is 9.49. The quantitative estimate of drug-likeness (QED) is 0.639. The number of allylic oxidation sites excluding steroid dienone is 1. The van der Waals surface area contributed by atoms with Crippen LogP contribution in [0, 0.1) is 0 Å². The molecule has 0 saturated heterocycles. The summed E-state index contributed by atoms with van der Waals surface area (Å²) >= 11 is 0. The van der Waals surface area contributed by atoms with E-state index < -0.39 is 0 Å². The zero-order valence-electron chi connectivity index (χ0n) is 9.20. The molecule has 0 radical (unpaired) electrons. The minimum atomic E-state index is -0.199. The van der Waals surface area contributed by atoms with Crippen molar-refractivity contribution in [3.8, 4) is 11.5 Å². The number of rotatable bonds is 0. The molecule has 3 nitrogen and oxygen atoms in total. The van der Waals surface area contributed by atoms with Crippen LogP contribution in [0.3, 0.4) is 0 Å². The molecule has 80 valence electrons. The molecule has 0 fully saturated rings. The second-order valence-electron chi connectivity index (χ2n) is 4.49. The number of benzene rings is 1. The Morgan fingerprint density at radius 2 is 1.73 bits per heavy atom. The van der Waals surface area contributed by atoms with Crippen LogP contribution in [0.4, 0.5) is 5.69 Å². The Balaban J connectivity index is 2.72. The number of fused-ring (bicyclic) bond motifs is 1. The van der Waals surface area contributed by atoms with E-state index in [4.69, 9.17) is 0 Å². The van der Waals surface area contributed by atoms with Crippen LogP contribution in [0.5, 0.6) is 11.5 Å². The summed E-state index contributed by atoms with van der Waals surface area (Å²) in [4.78, 5) is 1.94. The molecule has 0 spiro atoms. The summed E-state index contributed by atoms with van der Waals surface area (Å²) in [6.45, 7) is 8.12. The molecule has 1 aromatic rings. The second kappa shape index (κ2) is 2.69. The Morgan fingerprint density at radius 1 is 1.20 bits per heavy atom. The van der Waals surface area contributed by atoms with Crippen molar-refractivity contribution in [3.63, 3.8) is 0 Å². The molecule has 2 N–H and O–H groups in total. The summed E-state index contributed by atoms with van der Waals surface area (Å²) < 4.78 is 0. The molecule has 2 rings (SSSR count). The molecule has 0 aromatic heterocycles. The van der Waals surface area contributed by atoms with Crippen molar-refractivity contribution in [2.45, 2.75) is 19.3 Å². The average Bonchev–Trinajstić information content (AvgIpc) is 2.32. The van der Waals surface area contributed by atoms with Crippen molar-refractivity contribution in [2.24, 2.45) is 0 Å². The molecule has 0 saturated carbocycles. The van der Waals surface area contributed by atoms with Gasteiger partial charge in [0, 0.05) is 29.9 Å². The van der Waals surface area contributed by atoms with Gasteiger partial charge in [-0.25, -0.2) is 0 Å². The van der Waals surface area contributed by atoms with Crippen LogP contribution in [0.1, 0.15) is 19.4 Å². The summed E-state index contributed by atoms with van der Waals surface area (Å²) in [5, 5.41) is 18.9. The van der Waals surface area contributed by atoms with Gasteiger partial charge in [0.1, 0.15) is 0 Å². The fourth-order valence-corrected chi connectivity index (χ4v) is 2.06. The zero-order chi connectivity index (χ0) is 11.4. The van der Waals surface area contributed by atoms with Gasteiger partial charge in [0.15, 0.2) is 11.5 Å². The van der Waals surface area contributed by atoms with Gasteiger partial charge < -0.3 is 15.1 Å². The Kier molecular flexibility index (Phi) is 1.77. The monoisotopic (exact) mass is 205 g/mol. The number of hydrogen-bond donors (Lipinski definition) is 2. The van der Waals surface area contributed by atoms with Gasteiger partial charge in [-0.1, -0.05) is 20.4 Å². The first kappa shape index (κ1) is 9.90. The van der Waals surface area contributed by atoms with Gasteiger partial charge in [-0.2, -0.15) is 0 Å². The molecule has 0 aliphatic carbocycles. The van der Waals surface area contributed by atoms with Gasteiger partial charge >= 0.3 is 0 Å². The van der Waals surface area contributed by atoms with Crippen LogP contribution in [-0.4, -0.2) is 17.3 Å². The molecule has 0 unspecified atom stereocenters. The average molecular weight is 205 g/mol. The minimum Gasteiger partial charge on any atom is -0.504 e. The van der Waals surface area contributed by atoms with Crippen molar-refractivity contribution in [2.75, 3.05) is 11.9 Å². The first-order chi connectivity index (χ1) is 6.85. The second-order valence-corrected chi connectivity index (χ2v) is 4.49. The molecule has 1 aromatic carbocycles. The first-order valence-electron chi connectivity index (χ1n) is 4.85. The highest BCUT2D eigenvalue weighted by atomic mass is 16.3. The molecule has 1 aliphatic heterocycles. The normalized spacial score (nSPS) is 18.1. The van der Waals surface area contributed by atoms with Gasteiger partial charge in [-0.15, -0.1) is 0 Å². The van der Waals surface area contributed by atoms with Crippen LogP contribution in [0.2, 0.25) is 0 Å². The molecular formula is C12H15NO2. The maximum absolute atomic E-state index is 9.49. The third kappa shape index (κ3) is 1.12. The van der Waals surface area contributed by atoms with Crippen molar-refractivity contribution in [1.82, 2.24) is 0 Å². The lowest BCUT2D eigenvalue weighted by Crippen LogP contribution is -2.21. The summed E-state index contributed by atoms with van der Waals surface area (Å²) in [6.07, 6.45) is 0. The lowest BCUT2D eigenvalue weighted by molar-refractivity contribution is 0.403. The summed E-state index contributed by atoms with van der Waals surface area (Å²) in [6, 6.07) is 3.18. The Hall–Kier alpha value is -1.64. The van der Waals surface area contributed by atoms with Crippen molar-refractivity contribution < 1.29 is 10.2 Å². The highest BCUT2D eigenvalue weighted by Crippen LogP contribution is 2.49. The molecule has 1 aliphatic rings.